The molecular weight excluding hydrogens is 454 g/mol. The molecule has 1 atom stereocenters. The average molecular weight is 478 g/mol. The summed E-state index contributed by atoms with van der Waals surface area (Å²) in [6, 6.07) is 9.34. The number of hydrogen-bond donors (Lipinski definition) is 7. The second kappa shape index (κ2) is 8.70. The van der Waals surface area contributed by atoms with Crippen molar-refractivity contribution >= 4 is 55.5 Å². The van der Waals surface area contributed by atoms with Crippen molar-refractivity contribution in [3.8, 4) is 11.1 Å². The van der Waals surface area contributed by atoms with E-state index in [-0.39, 0.29) is 11.4 Å². The number of hydrazone groups is 1. The Labute approximate surface area is 189 Å². The van der Waals surface area contributed by atoms with E-state index < -0.39 is 11.0 Å². The first-order chi connectivity index (χ1) is 14.9. The number of rotatable bonds is 8. The maximum atomic E-state index is 13.0. The van der Waals surface area contributed by atoms with Gasteiger partial charge in [-0.05, 0) is 42.5 Å². The first-order valence-electron chi connectivity index (χ1n) is 9.29. The third-order valence-corrected chi connectivity index (χ3v) is 7.84. The number of hydrogen-bond acceptors (Lipinski definition) is 10. The van der Waals surface area contributed by atoms with Crippen molar-refractivity contribution < 1.29 is 4.21 Å². The van der Waals surface area contributed by atoms with Crippen molar-refractivity contribution in [1.82, 2.24) is 15.2 Å². The maximum Gasteiger partial charge on any atom is 0.181 e. The van der Waals surface area contributed by atoms with Crippen molar-refractivity contribution in [2.45, 2.75) is 28.2 Å². The molecule has 1 aromatic heterocycles. The molecule has 164 valence electrons. The normalized spacial score (nSPS) is 16.4. The fourth-order valence-corrected chi connectivity index (χ4v) is 5.92. The minimum atomic E-state index is -1.55. The molecule has 0 bridgehead atoms. The SMILES string of the molecule is NN/N=C(\N)c1c(-c2cccc3sc(N)nc23)ccc(S(=O)NCC2(N)CC2)c1SN. The van der Waals surface area contributed by atoms with E-state index in [2.05, 4.69) is 20.3 Å². The van der Waals surface area contributed by atoms with Crippen LogP contribution < -0.4 is 38.4 Å². The number of nitrogens with zero attached hydrogens (tertiary/aromatic N) is 2. The topological polar surface area (TPSA) is 196 Å². The summed E-state index contributed by atoms with van der Waals surface area (Å²) in [7, 11) is -1.55. The smallest absolute Gasteiger partial charge is 0.181 e. The lowest BCUT2D eigenvalue weighted by Gasteiger charge is -2.18. The van der Waals surface area contributed by atoms with Gasteiger partial charge in [0.2, 0.25) is 0 Å². The van der Waals surface area contributed by atoms with Crippen molar-refractivity contribution in [3.63, 3.8) is 0 Å². The first kappa shape index (κ1) is 22.0. The lowest BCUT2D eigenvalue weighted by atomic mass is 9.98. The summed E-state index contributed by atoms with van der Waals surface area (Å²) in [5.74, 6) is 5.47. The second-order valence-corrected chi connectivity index (χ2v) is 10.2. The summed E-state index contributed by atoms with van der Waals surface area (Å²) in [5.41, 5.74) is 23.0. The molecule has 1 heterocycles. The van der Waals surface area contributed by atoms with Gasteiger partial charge in [-0.3, -0.25) is 5.14 Å². The van der Waals surface area contributed by atoms with Crippen LogP contribution in [-0.4, -0.2) is 27.1 Å². The molecule has 31 heavy (non-hydrogen) atoms. The summed E-state index contributed by atoms with van der Waals surface area (Å²) in [5, 5.41) is 10.4. The van der Waals surface area contributed by atoms with Crippen LogP contribution in [0, 0.1) is 0 Å². The van der Waals surface area contributed by atoms with E-state index in [0.717, 1.165) is 46.1 Å². The third-order valence-electron chi connectivity index (χ3n) is 5.05. The van der Waals surface area contributed by atoms with E-state index >= 15 is 0 Å². The Morgan fingerprint density at radius 2 is 2.06 bits per heavy atom. The largest absolute Gasteiger partial charge is 0.382 e. The van der Waals surface area contributed by atoms with Gasteiger partial charge in [-0.25, -0.2) is 25.3 Å². The van der Waals surface area contributed by atoms with E-state index in [4.69, 9.17) is 28.2 Å². The predicted molar refractivity (Wildman–Crippen MR) is 128 cm³/mol. The summed E-state index contributed by atoms with van der Waals surface area (Å²) in [6.45, 7) is 0.441. The van der Waals surface area contributed by atoms with Gasteiger partial charge in [-0.2, -0.15) is 0 Å². The molecule has 0 spiro atoms. The highest BCUT2D eigenvalue weighted by atomic mass is 32.2. The van der Waals surface area contributed by atoms with Gasteiger partial charge in [0.05, 0.1) is 20.0 Å². The summed E-state index contributed by atoms with van der Waals surface area (Å²) >= 11 is 2.33. The van der Waals surface area contributed by atoms with Gasteiger partial charge < -0.3 is 17.2 Å². The standard InChI is InChI=1S/C18H23N9OS3/c19-16(26-27-22)13-9(10-2-1-3-11-14(10)25-17(20)29-11)4-5-12(15(13)30-23)31(28)24-8-18(21)6-7-18/h1-5,24,27H,6-8,21-23H2,(H2,19,26)(H2,20,25). The Balaban J connectivity index is 1.87. The van der Waals surface area contributed by atoms with Crippen LogP contribution in [0.2, 0.25) is 0 Å². The molecule has 0 saturated heterocycles. The van der Waals surface area contributed by atoms with Crippen molar-refractivity contribution in [3.05, 3.63) is 35.9 Å². The molecule has 0 radical (unpaired) electrons. The number of thiazole rings is 1. The Hall–Kier alpha value is -2.26. The van der Waals surface area contributed by atoms with Gasteiger partial charge in [-0.15, -0.1) is 5.10 Å². The number of aromatic nitrogens is 1. The van der Waals surface area contributed by atoms with Gasteiger partial charge in [0.25, 0.3) is 0 Å². The summed E-state index contributed by atoms with van der Waals surface area (Å²) in [6.07, 6.45) is 1.81. The molecule has 1 aliphatic rings. The van der Waals surface area contributed by atoms with E-state index in [0.29, 0.717) is 27.0 Å². The highest BCUT2D eigenvalue weighted by molar-refractivity contribution is 7.97. The van der Waals surface area contributed by atoms with Crippen LogP contribution in [0.25, 0.3) is 21.3 Å². The first-order valence-corrected chi connectivity index (χ1v) is 12.1. The van der Waals surface area contributed by atoms with Gasteiger partial charge >= 0.3 is 0 Å². The van der Waals surface area contributed by atoms with Crippen molar-refractivity contribution in [2.75, 3.05) is 12.3 Å². The minimum absolute atomic E-state index is 0.0991. The van der Waals surface area contributed by atoms with Gasteiger partial charge in [0.1, 0.15) is 11.0 Å². The molecule has 1 aliphatic carbocycles. The zero-order chi connectivity index (χ0) is 22.2. The number of anilines is 1. The second-order valence-electron chi connectivity index (χ2n) is 7.22. The molecule has 4 rings (SSSR count). The van der Waals surface area contributed by atoms with Gasteiger partial charge in [0, 0.05) is 23.2 Å². The van der Waals surface area contributed by atoms with E-state index in [1.807, 2.05) is 24.3 Å². The number of benzene rings is 2. The molecule has 13 heteroatoms. The van der Waals surface area contributed by atoms with Crippen LogP contribution in [-0.2, 0) is 11.0 Å². The molecule has 3 aromatic rings. The number of para-hydroxylation sites is 1. The van der Waals surface area contributed by atoms with Crippen molar-refractivity contribution in [2.24, 2.45) is 27.6 Å². The fraction of sp³-hybridized carbons (Fsp3) is 0.222. The van der Waals surface area contributed by atoms with E-state index in [9.17, 15) is 4.21 Å². The molecule has 12 N–H and O–H groups in total. The third kappa shape index (κ3) is 4.39. The quantitative estimate of drug-likeness (QED) is 0.0802. The minimum Gasteiger partial charge on any atom is -0.382 e. The summed E-state index contributed by atoms with van der Waals surface area (Å²) in [4.78, 5) is 5.46. The van der Waals surface area contributed by atoms with Crippen LogP contribution in [0.1, 0.15) is 18.4 Å². The molecule has 0 amide bonds. The van der Waals surface area contributed by atoms with Crippen LogP contribution >= 0.6 is 23.3 Å². The van der Waals surface area contributed by atoms with Crippen molar-refractivity contribution in [1.29, 1.82) is 0 Å². The average Bonchev–Trinajstić information content (AvgIpc) is 3.36. The Morgan fingerprint density at radius 3 is 2.74 bits per heavy atom. The number of nitrogen functional groups attached to an aromatic ring is 1. The number of hydrazine groups is 1. The monoisotopic (exact) mass is 477 g/mol. The molecule has 2 aromatic carbocycles. The lowest BCUT2D eigenvalue weighted by Crippen LogP contribution is -2.37. The van der Waals surface area contributed by atoms with E-state index in [1.165, 1.54) is 11.3 Å². The Bertz CT molecular complexity index is 1190. The summed E-state index contributed by atoms with van der Waals surface area (Å²) < 4.78 is 17.0. The molecule has 1 unspecified atom stereocenters. The number of nitrogens with two attached hydrogens (primary N) is 5. The highest BCUT2D eigenvalue weighted by Crippen LogP contribution is 2.39. The zero-order valence-corrected chi connectivity index (χ0v) is 18.9. The van der Waals surface area contributed by atoms with Crippen LogP contribution in [0.3, 0.4) is 0 Å². The number of fused-ring (bicyclic) bond motifs is 1. The Kier molecular flexibility index (Phi) is 6.16. The fourth-order valence-electron chi connectivity index (χ4n) is 3.24. The highest BCUT2D eigenvalue weighted by Gasteiger charge is 2.38. The van der Waals surface area contributed by atoms with Gasteiger partial charge in [0.15, 0.2) is 11.0 Å². The number of nitrogens with one attached hydrogen (secondary N) is 2. The molecule has 1 saturated carbocycles. The van der Waals surface area contributed by atoms with E-state index in [1.54, 1.807) is 6.07 Å². The van der Waals surface area contributed by atoms with Crippen LogP contribution in [0.5, 0.6) is 0 Å². The predicted octanol–water partition coefficient (Wildman–Crippen LogP) is 0.698. The zero-order valence-electron chi connectivity index (χ0n) is 16.4. The van der Waals surface area contributed by atoms with Gasteiger partial charge in [-0.1, -0.05) is 29.5 Å². The molecule has 10 nitrogen and oxygen atoms in total. The lowest BCUT2D eigenvalue weighted by molar-refractivity contribution is 0.630. The maximum absolute atomic E-state index is 13.0. The van der Waals surface area contributed by atoms with Crippen LogP contribution in [0.4, 0.5) is 5.13 Å². The molecule has 0 aliphatic heterocycles. The molecule has 1 fully saturated rings. The molecular formula is C18H23N9OS3. The number of amidine groups is 1. The van der Waals surface area contributed by atoms with Crippen LogP contribution in [0.15, 0.2) is 45.2 Å². The Morgan fingerprint density at radius 1 is 1.29 bits per heavy atom.